The Bertz CT molecular complexity index is 440. The highest BCUT2D eigenvalue weighted by molar-refractivity contribution is 7.99. The fourth-order valence-corrected chi connectivity index (χ4v) is 2.74. The second-order valence-electron chi connectivity index (χ2n) is 5.24. The van der Waals surface area contributed by atoms with Crippen molar-refractivity contribution in [2.75, 3.05) is 12.3 Å². The largest absolute Gasteiger partial charge is 0.355 e. The lowest BCUT2D eigenvalue weighted by atomic mass is 10.2. The zero-order valence-electron chi connectivity index (χ0n) is 11.8. The molecule has 0 atom stereocenters. The van der Waals surface area contributed by atoms with E-state index in [0.717, 1.165) is 23.9 Å². The van der Waals surface area contributed by atoms with E-state index in [1.54, 1.807) is 0 Å². The summed E-state index contributed by atoms with van der Waals surface area (Å²) in [6, 6.07) is 0.550. The Kier molecular flexibility index (Phi) is 4.85. The zero-order chi connectivity index (χ0) is 13.8. The fraction of sp³-hybridized carbons (Fsp3) is 0.769. The van der Waals surface area contributed by atoms with Crippen LogP contribution in [0.25, 0.3) is 0 Å². The number of amides is 1. The Balaban J connectivity index is 1.98. The molecule has 0 spiro atoms. The van der Waals surface area contributed by atoms with Gasteiger partial charge in [0.1, 0.15) is 5.82 Å². The van der Waals surface area contributed by atoms with Crippen molar-refractivity contribution in [3.8, 4) is 0 Å². The van der Waals surface area contributed by atoms with Crippen molar-refractivity contribution in [1.82, 2.24) is 20.1 Å². The van der Waals surface area contributed by atoms with Gasteiger partial charge in [-0.25, -0.2) is 0 Å². The van der Waals surface area contributed by atoms with Crippen molar-refractivity contribution in [3.05, 3.63) is 5.82 Å². The first-order valence-corrected chi connectivity index (χ1v) is 7.96. The van der Waals surface area contributed by atoms with Gasteiger partial charge in [0.2, 0.25) is 5.91 Å². The smallest absolute Gasteiger partial charge is 0.230 e. The number of nitrogens with zero attached hydrogens (tertiary/aromatic N) is 3. The molecule has 6 heteroatoms. The quantitative estimate of drug-likeness (QED) is 0.780. The van der Waals surface area contributed by atoms with E-state index in [1.165, 1.54) is 24.6 Å². The van der Waals surface area contributed by atoms with Crippen LogP contribution in [-0.4, -0.2) is 33.0 Å². The Morgan fingerprint density at radius 3 is 2.79 bits per heavy atom. The molecule has 106 valence electrons. The van der Waals surface area contributed by atoms with E-state index in [4.69, 9.17) is 0 Å². The van der Waals surface area contributed by atoms with Crippen LogP contribution in [0.15, 0.2) is 5.16 Å². The maximum Gasteiger partial charge on any atom is 0.230 e. The molecule has 0 aliphatic heterocycles. The van der Waals surface area contributed by atoms with Crippen LogP contribution >= 0.6 is 11.8 Å². The lowest BCUT2D eigenvalue weighted by molar-refractivity contribution is -0.118. The third kappa shape index (κ3) is 3.72. The lowest BCUT2D eigenvalue weighted by Gasteiger charge is -2.10. The number of hydrogen-bond donors (Lipinski definition) is 1. The second-order valence-corrected chi connectivity index (χ2v) is 6.18. The number of carbonyl (C=O) groups excluding carboxylic acids is 1. The molecule has 1 aliphatic rings. The van der Waals surface area contributed by atoms with Crippen LogP contribution in [0.3, 0.4) is 0 Å². The number of nitrogens with one attached hydrogen (secondary N) is 1. The summed E-state index contributed by atoms with van der Waals surface area (Å²) in [6.45, 7) is 7.05. The standard InChI is InChI=1S/C13H22N4OS/c1-4-7-14-11(18)8-19-13-16-15-12(9(2)3)17(13)10-5-6-10/h9-10H,4-8H2,1-3H3,(H,14,18). The number of aromatic nitrogens is 3. The molecular weight excluding hydrogens is 260 g/mol. The molecule has 0 aromatic carbocycles. The van der Waals surface area contributed by atoms with Crippen LogP contribution in [0.5, 0.6) is 0 Å². The van der Waals surface area contributed by atoms with E-state index in [-0.39, 0.29) is 5.91 Å². The first-order valence-electron chi connectivity index (χ1n) is 6.97. The van der Waals surface area contributed by atoms with Crippen molar-refractivity contribution >= 4 is 17.7 Å². The Morgan fingerprint density at radius 2 is 2.21 bits per heavy atom. The van der Waals surface area contributed by atoms with Crippen LogP contribution in [0.4, 0.5) is 0 Å². The normalized spacial score (nSPS) is 14.9. The molecule has 1 N–H and O–H groups in total. The summed E-state index contributed by atoms with van der Waals surface area (Å²) in [7, 11) is 0. The number of carbonyl (C=O) groups is 1. The molecule has 0 bridgehead atoms. The highest BCUT2D eigenvalue weighted by Gasteiger charge is 2.30. The summed E-state index contributed by atoms with van der Waals surface area (Å²) in [5.41, 5.74) is 0. The van der Waals surface area contributed by atoms with Gasteiger partial charge in [-0.3, -0.25) is 4.79 Å². The average Bonchev–Trinajstić information content (AvgIpc) is 3.13. The van der Waals surface area contributed by atoms with Crippen LogP contribution in [0.1, 0.15) is 57.8 Å². The molecule has 0 saturated heterocycles. The molecule has 2 rings (SSSR count). The van der Waals surface area contributed by atoms with Gasteiger partial charge in [0.25, 0.3) is 0 Å². The van der Waals surface area contributed by atoms with Crippen molar-refractivity contribution < 1.29 is 4.79 Å². The van der Waals surface area contributed by atoms with Gasteiger partial charge in [-0.2, -0.15) is 0 Å². The summed E-state index contributed by atoms with van der Waals surface area (Å²) >= 11 is 1.49. The van der Waals surface area contributed by atoms with Gasteiger partial charge >= 0.3 is 0 Å². The summed E-state index contributed by atoms with van der Waals surface area (Å²) in [5.74, 6) is 1.90. The van der Waals surface area contributed by atoms with Gasteiger partial charge in [-0.1, -0.05) is 32.5 Å². The Hall–Kier alpha value is -1.04. The minimum atomic E-state index is 0.0725. The van der Waals surface area contributed by atoms with E-state index < -0.39 is 0 Å². The van der Waals surface area contributed by atoms with E-state index in [9.17, 15) is 4.79 Å². The number of thioether (sulfide) groups is 1. The SMILES string of the molecule is CCCNC(=O)CSc1nnc(C(C)C)n1C1CC1. The maximum atomic E-state index is 11.6. The van der Waals surface area contributed by atoms with Gasteiger partial charge in [0.05, 0.1) is 5.75 Å². The second kappa shape index (κ2) is 6.41. The lowest BCUT2D eigenvalue weighted by Crippen LogP contribution is -2.25. The summed E-state index contributed by atoms with van der Waals surface area (Å²) < 4.78 is 2.22. The summed E-state index contributed by atoms with van der Waals surface area (Å²) in [4.78, 5) is 11.6. The third-order valence-corrected chi connectivity index (χ3v) is 3.97. The van der Waals surface area contributed by atoms with Crippen LogP contribution in [-0.2, 0) is 4.79 Å². The topological polar surface area (TPSA) is 59.8 Å². The molecule has 1 amide bonds. The fourth-order valence-electron chi connectivity index (χ4n) is 1.90. The van der Waals surface area contributed by atoms with Crippen molar-refractivity contribution in [2.24, 2.45) is 0 Å². The third-order valence-electron chi connectivity index (χ3n) is 3.02. The minimum Gasteiger partial charge on any atom is -0.355 e. The van der Waals surface area contributed by atoms with E-state index in [0.29, 0.717) is 17.7 Å². The monoisotopic (exact) mass is 282 g/mol. The molecule has 1 fully saturated rings. The van der Waals surface area contributed by atoms with Crippen molar-refractivity contribution in [1.29, 1.82) is 0 Å². The van der Waals surface area contributed by atoms with E-state index >= 15 is 0 Å². The van der Waals surface area contributed by atoms with Gasteiger partial charge in [-0.15, -0.1) is 10.2 Å². The van der Waals surface area contributed by atoms with Crippen LogP contribution < -0.4 is 5.32 Å². The average molecular weight is 282 g/mol. The summed E-state index contributed by atoms with van der Waals surface area (Å²) in [5, 5.41) is 12.3. The first kappa shape index (κ1) is 14.4. The van der Waals surface area contributed by atoms with Crippen molar-refractivity contribution in [2.45, 2.75) is 57.1 Å². The Labute approximate surface area is 118 Å². The molecule has 1 aromatic rings. The number of hydrogen-bond acceptors (Lipinski definition) is 4. The molecule has 19 heavy (non-hydrogen) atoms. The molecule has 1 heterocycles. The molecule has 1 aromatic heterocycles. The van der Waals surface area contributed by atoms with Crippen molar-refractivity contribution in [3.63, 3.8) is 0 Å². The molecule has 5 nitrogen and oxygen atoms in total. The Morgan fingerprint density at radius 1 is 1.47 bits per heavy atom. The molecule has 0 unspecified atom stereocenters. The van der Waals surface area contributed by atoms with Gasteiger partial charge < -0.3 is 9.88 Å². The molecule has 1 aliphatic carbocycles. The molecular formula is C13H22N4OS. The van der Waals surface area contributed by atoms with Gasteiger partial charge in [0, 0.05) is 18.5 Å². The van der Waals surface area contributed by atoms with Gasteiger partial charge in [0.15, 0.2) is 5.16 Å². The number of rotatable bonds is 7. The van der Waals surface area contributed by atoms with Crippen LogP contribution in [0, 0.1) is 0 Å². The zero-order valence-corrected chi connectivity index (χ0v) is 12.7. The first-order chi connectivity index (χ1) is 9.13. The van der Waals surface area contributed by atoms with Crippen LogP contribution in [0.2, 0.25) is 0 Å². The predicted octanol–water partition coefficient (Wildman–Crippen LogP) is 2.35. The van der Waals surface area contributed by atoms with E-state index in [1.807, 2.05) is 6.92 Å². The molecule has 0 radical (unpaired) electrons. The predicted molar refractivity (Wildman–Crippen MR) is 76.4 cm³/mol. The van der Waals surface area contributed by atoms with E-state index in [2.05, 4.69) is 33.9 Å². The highest BCUT2D eigenvalue weighted by Crippen LogP contribution is 2.39. The minimum absolute atomic E-state index is 0.0725. The highest BCUT2D eigenvalue weighted by atomic mass is 32.2. The molecule has 1 saturated carbocycles. The summed E-state index contributed by atoms with van der Waals surface area (Å²) in [6.07, 6.45) is 3.37. The maximum absolute atomic E-state index is 11.6. The van der Waals surface area contributed by atoms with Gasteiger partial charge in [-0.05, 0) is 19.3 Å².